The molecule has 0 unspecified atom stereocenters. The Labute approximate surface area is 240 Å². The second-order valence-corrected chi connectivity index (χ2v) is 13.4. The van der Waals surface area contributed by atoms with E-state index in [9.17, 15) is 0 Å². The first-order chi connectivity index (χ1) is 19.3. The van der Waals surface area contributed by atoms with Gasteiger partial charge in [-0.2, -0.15) is 0 Å². The molecule has 0 bridgehead atoms. The molecular weight excluding hydrogens is 504 g/mol. The molecule has 3 heteroatoms. The van der Waals surface area contributed by atoms with Gasteiger partial charge in [0.15, 0.2) is 0 Å². The van der Waals surface area contributed by atoms with Gasteiger partial charge in [0.2, 0.25) is 0 Å². The van der Waals surface area contributed by atoms with Gasteiger partial charge < -0.3 is 4.90 Å². The van der Waals surface area contributed by atoms with Gasteiger partial charge in [0, 0.05) is 22.1 Å². The second-order valence-electron chi connectivity index (χ2n) is 12.4. The average molecular weight is 537 g/mol. The minimum atomic E-state index is -0.110. The number of anilines is 2. The van der Waals surface area contributed by atoms with Gasteiger partial charge in [0.25, 0.3) is 0 Å². The summed E-state index contributed by atoms with van der Waals surface area (Å²) in [6.07, 6.45) is 6.96. The summed E-state index contributed by atoms with van der Waals surface area (Å²) in [4.78, 5) is 7.43. The average Bonchev–Trinajstić information content (AvgIpc) is 3.41. The van der Waals surface area contributed by atoms with Crippen molar-refractivity contribution >= 4 is 32.9 Å². The van der Waals surface area contributed by atoms with Gasteiger partial charge in [-0.15, -0.1) is 11.3 Å². The van der Waals surface area contributed by atoms with Crippen LogP contribution in [0.3, 0.4) is 0 Å². The van der Waals surface area contributed by atoms with Crippen LogP contribution in [0.25, 0.3) is 31.9 Å². The molecule has 0 atom stereocenters. The van der Waals surface area contributed by atoms with Crippen LogP contribution in [0.1, 0.15) is 57.2 Å². The fraction of sp³-hybridized carbons (Fsp3) is 0.216. The molecule has 8 rings (SSSR count). The van der Waals surface area contributed by atoms with Crippen molar-refractivity contribution in [3.8, 4) is 21.7 Å². The third-order valence-electron chi connectivity index (χ3n) is 9.42. The van der Waals surface area contributed by atoms with Crippen molar-refractivity contribution in [2.24, 2.45) is 0 Å². The number of hydrogen-bond donors (Lipinski definition) is 0. The third-order valence-corrected chi connectivity index (χ3v) is 10.5. The van der Waals surface area contributed by atoms with Gasteiger partial charge in [0.05, 0.1) is 21.6 Å². The molecule has 3 aliphatic rings. The summed E-state index contributed by atoms with van der Waals surface area (Å²) in [5, 5.41) is 1.07. The Balaban J connectivity index is 1.25. The molecule has 0 saturated carbocycles. The molecule has 0 fully saturated rings. The number of rotatable bonds is 2. The lowest BCUT2D eigenvalue weighted by Gasteiger charge is -2.50. The monoisotopic (exact) mass is 536 g/mol. The molecular formula is C37H32N2S. The van der Waals surface area contributed by atoms with Crippen molar-refractivity contribution in [2.75, 3.05) is 4.90 Å². The first kappa shape index (κ1) is 23.9. The molecule has 40 heavy (non-hydrogen) atoms. The number of allylic oxidation sites excluding steroid dienone is 3. The molecule has 0 spiro atoms. The summed E-state index contributed by atoms with van der Waals surface area (Å²) in [7, 11) is 0. The van der Waals surface area contributed by atoms with Crippen LogP contribution >= 0.6 is 11.3 Å². The Hall–Kier alpha value is -3.95. The summed E-state index contributed by atoms with van der Waals surface area (Å²) in [5.41, 5.74) is 14.5. The summed E-state index contributed by atoms with van der Waals surface area (Å²) in [5.74, 6) is 0. The Morgan fingerprint density at radius 1 is 0.725 bits per heavy atom. The van der Waals surface area contributed by atoms with E-state index >= 15 is 0 Å². The third kappa shape index (κ3) is 3.25. The van der Waals surface area contributed by atoms with Crippen LogP contribution in [0.2, 0.25) is 0 Å². The number of aromatic nitrogens is 1. The summed E-state index contributed by atoms with van der Waals surface area (Å²) in [6.45, 7) is 9.62. The molecule has 0 N–H and O–H groups in total. The quantitative estimate of drug-likeness (QED) is 0.223. The molecule has 2 aliphatic heterocycles. The van der Waals surface area contributed by atoms with Gasteiger partial charge in [-0.1, -0.05) is 94.4 Å². The molecule has 1 aliphatic carbocycles. The van der Waals surface area contributed by atoms with Crippen LogP contribution in [-0.2, 0) is 10.8 Å². The van der Waals surface area contributed by atoms with Crippen molar-refractivity contribution in [2.45, 2.75) is 51.4 Å². The molecule has 1 aromatic heterocycles. The van der Waals surface area contributed by atoms with E-state index in [0.29, 0.717) is 0 Å². The topological polar surface area (TPSA) is 16.1 Å². The largest absolute Gasteiger partial charge is 0.310 e. The smallest absolute Gasteiger partial charge is 0.124 e. The lowest BCUT2D eigenvalue weighted by molar-refractivity contribution is 0.555. The number of benzene rings is 4. The Morgan fingerprint density at radius 2 is 1.45 bits per heavy atom. The van der Waals surface area contributed by atoms with E-state index in [1.54, 1.807) is 16.9 Å². The lowest BCUT2D eigenvalue weighted by Crippen LogP contribution is -2.40. The van der Waals surface area contributed by atoms with Crippen LogP contribution in [0.15, 0.2) is 108 Å². The first-order valence-electron chi connectivity index (χ1n) is 14.3. The van der Waals surface area contributed by atoms with Crippen LogP contribution in [0.5, 0.6) is 0 Å². The summed E-state index contributed by atoms with van der Waals surface area (Å²) < 4.78 is 1.23. The maximum Gasteiger partial charge on any atom is 0.124 e. The van der Waals surface area contributed by atoms with Gasteiger partial charge in [0.1, 0.15) is 5.01 Å². The van der Waals surface area contributed by atoms with Crippen molar-refractivity contribution in [3.05, 3.63) is 125 Å². The van der Waals surface area contributed by atoms with Crippen molar-refractivity contribution < 1.29 is 0 Å². The molecule has 2 nitrogen and oxygen atoms in total. The molecule has 3 heterocycles. The zero-order valence-corrected chi connectivity index (χ0v) is 24.3. The standard InChI is InChI=1S/C37H32N2S/c1-36(2)26-10-5-7-14-31(26)39-32-21-20-25(22-29(32)37(3,4)28-12-9-11-27(36)34(28)39)23-16-18-24(19-17-23)35-38-30-13-6-8-15-33(30)40-35/h6-9,11-22H,5,10H2,1-4H3. The number of thiazole rings is 1. The molecule has 4 aromatic carbocycles. The zero-order chi connectivity index (χ0) is 27.2. The van der Waals surface area contributed by atoms with Crippen LogP contribution < -0.4 is 4.90 Å². The number of para-hydroxylation sites is 2. The minimum absolute atomic E-state index is 0.0283. The molecule has 5 aromatic rings. The van der Waals surface area contributed by atoms with E-state index in [1.807, 2.05) is 0 Å². The van der Waals surface area contributed by atoms with Crippen molar-refractivity contribution in [3.63, 3.8) is 0 Å². The summed E-state index contributed by atoms with van der Waals surface area (Å²) in [6, 6.07) is 31.4. The van der Waals surface area contributed by atoms with Crippen molar-refractivity contribution in [1.82, 2.24) is 4.98 Å². The van der Waals surface area contributed by atoms with Crippen LogP contribution in [0, 0.1) is 0 Å². The molecule has 196 valence electrons. The maximum atomic E-state index is 4.86. The van der Waals surface area contributed by atoms with Gasteiger partial charge in [-0.25, -0.2) is 4.98 Å². The van der Waals surface area contributed by atoms with Crippen LogP contribution in [0.4, 0.5) is 11.4 Å². The Bertz CT molecular complexity index is 1870. The van der Waals surface area contributed by atoms with Gasteiger partial charge in [-0.05, 0) is 76.6 Å². The number of nitrogens with zero attached hydrogens (tertiary/aromatic N) is 2. The van der Waals surface area contributed by atoms with E-state index < -0.39 is 0 Å². The lowest BCUT2D eigenvalue weighted by atomic mass is 9.65. The molecule has 0 radical (unpaired) electrons. The molecule has 0 amide bonds. The highest BCUT2D eigenvalue weighted by molar-refractivity contribution is 7.21. The van der Waals surface area contributed by atoms with E-state index in [4.69, 9.17) is 4.98 Å². The second kappa shape index (κ2) is 8.28. The van der Waals surface area contributed by atoms with Gasteiger partial charge >= 0.3 is 0 Å². The van der Waals surface area contributed by atoms with E-state index in [0.717, 1.165) is 23.4 Å². The Kier molecular flexibility index (Phi) is 4.95. The van der Waals surface area contributed by atoms with Crippen LogP contribution in [-0.4, -0.2) is 4.98 Å². The summed E-state index contributed by atoms with van der Waals surface area (Å²) >= 11 is 1.76. The maximum absolute atomic E-state index is 4.86. The highest BCUT2D eigenvalue weighted by Gasteiger charge is 2.45. The fourth-order valence-corrected chi connectivity index (χ4v) is 8.15. The first-order valence-corrected chi connectivity index (χ1v) is 15.1. The van der Waals surface area contributed by atoms with E-state index in [-0.39, 0.29) is 10.8 Å². The Morgan fingerprint density at radius 3 is 2.25 bits per heavy atom. The predicted octanol–water partition coefficient (Wildman–Crippen LogP) is 10.3. The number of hydrogen-bond acceptors (Lipinski definition) is 3. The highest BCUT2D eigenvalue weighted by atomic mass is 32.1. The predicted molar refractivity (Wildman–Crippen MR) is 170 cm³/mol. The highest BCUT2D eigenvalue weighted by Crippen LogP contribution is 2.59. The minimum Gasteiger partial charge on any atom is -0.310 e. The van der Waals surface area contributed by atoms with E-state index in [1.165, 1.54) is 55.2 Å². The zero-order valence-electron chi connectivity index (χ0n) is 23.5. The SMILES string of the molecule is CC1(C)C2=C(C=CCC2)N2c3ccc(-c4ccc(-c5nc6ccccc6s5)cc4)cc3C(C)(C)c3cccc1c32. The van der Waals surface area contributed by atoms with Crippen molar-refractivity contribution in [1.29, 1.82) is 0 Å². The van der Waals surface area contributed by atoms with E-state index in [2.05, 4.69) is 130 Å². The molecule has 0 saturated heterocycles. The normalized spacial score (nSPS) is 17.9. The fourth-order valence-electron chi connectivity index (χ4n) is 7.18. The van der Waals surface area contributed by atoms with Gasteiger partial charge in [-0.3, -0.25) is 0 Å². The number of fused-ring (bicyclic) bond motifs is 4.